The maximum atomic E-state index is 12.1. The van der Waals surface area contributed by atoms with Gasteiger partial charge in [0, 0.05) is 18.2 Å². The number of carboxylic acids is 1. The number of hydrogen-bond acceptors (Lipinski definition) is 3. The Morgan fingerprint density at radius 3 is 2.71 bits per heavy atom. The van der Waals surface area contributed by atoms with Crippen molar-refractivity contribution >= 4 is 29.7 Å². The average molecular weight is 307 g/mol. The van der Waals surface area contributed by atoms with E-state index in [-0.39, 0.29) is 5.91 Å². The second-order valence-corrected chi connectivity index (χ2v) is 5.99. The Bertz CT molecular complexity index is 540. The van der Waals surface area contributed by atoms with E-state index in [9.17, 15) is 9.59 Å². The molecule has 0 radical (unpaired) electrons. The van der Waals surface area contributed by atoms with Crippen molar-refractivity contribution < 1.29 is 14.7 Å². The zero-order chi connectivity index (χ0) is 15.8. The van der Waals surface area contributed by atoms with Crippen LogP contribution in [0.4, 0.5) is 0 Å². The minimum atomic E-state index is -1.01. The molecular formula is C16H21NO3S. The van der Waals surface area contributed by atoms with Crippen molar-refractivity contribution in [3.8, 4) is 0 Å². The third kappa shape index (κ3) is 6.49. The predicted molar refractivity (Wildman–Crippen MR) is 87.7 cm³/mol. The van der Waals surface area contributed by atoms with Gasteiger partial charge in [-0.05, 0) is 54.2 Å². The van der Waals surface area contributed by atoms with E-state index >= 15 is 0 Å². The summed E-state index contributed by atoms with van der Waals surface area (Å²) >= 11 is 1.76. The Balaban J connectivity index is 2.77. The predicted octanol–water partition coefficient (Wildman–Crippen LogP) is 2.82. The molecule has 5 heteroatoms. The first-order valence-electron chi connectivity index (χ1n) is 6.72. The van der Waals surface area contributed by atoms with Gasteiger partial charge in [-0.25, -0.2) is 4.79 Å². The van der Waals surface area contributed by atoms with Gasteiger partial charge in [0.1, 0.15) is 0 Å². The van der Waals surface area contributed by atoms with E-state index in [1.165, 1.54) is 6.08 Å². The Kier molecular flexibility index (Phi) is 7.02. The van der Waals surface area contributed by atoms with E-state index in [0.717, 1.165) is 17.4 Å². The molecule has 1 amide bonds. The second kappa shape index (κ2) is 8.52. The third-order valence-electron chi connectivity index (χ3n) is 2.84. The fraction of sp³-hybridized carbons (Fsp3) is 0.375. The smallest absolute Gasteiger partial charge is 0.328 e. The average Bonchev–Trinajstić information content (AvgIpc) is 2.42. The van der Waals surface area contributed by atoms with Crippen LogP contribution >= 0.6 is 11.8 Å². The zero-order valence-electron chi connectivity index (χ0n) is 12.6. The molecule has 0 aliphatic rings. The standard InChI is InChI=1S/C16H21NO3S/c1-11-6-13(4-5-15(18)19)8-14(7-11)16(20)17-9-12(2)10-21-3/h4-8,12H,9-10H2,1-3H3,(H,17,20)(H,18,19)/b5-4+. The van der Waals surface area contributed by atoms with Crippen LogP contribution in [0, 0.1) is 12.8 Å². The number of carbonyl (C=O) groups is 2. The molecule has 0 spiro atoms. The van der Waals surface area contributed by atoms with Crippen LogP contribution in [0.2, 0.25) is 0 Å². The van der Waals surface area contributed by atoms with Gasteiger partial charge in [-0.15, -0.1) is 0 Å². The van der Waals surface area contributed by atoms with Crippen molar-refractivity contribution in [1.82, 2.24) is 5.32 Å². The first-order chi connectivity index (χ1) is 9.92. The van der Waals surface area contributed by atoms with Crippen LogP contribution in [0.5, 0.6) is 0 Å². The van der Waals surface area contributed by atoms with Gasteiger partial charge in [0.2, 0.25) is 0 Å². The van der Waals surface area contributed by atoms with Crippen LogP contribution in [0.25, 0.3) is 6.08 Å². The zero-order valence-corrected chi connectivity index (χ0v) is 13.4. The van der Waals surface area contributed by atoms with E-state index in [4.69, 9.17) is 5.11 Å². The van der Waals surface area contributed by atoms with Gasteiger partial charge in [0.25, 0.3) is 5.91 Å². The van der Waals surface area contributed by atoms with Gasteiger partial charge in [-0.2, -0.15) is 11.8 Å². The number of aliphatic carboxylic acids is 1. The van der Waals surface area contributed by atoms with Crippen LogP contribution in [-0.2, 0) is 4.79 Å². The largest absolute Gasteiger partial charge is 0.478 e. The van der Waals surface area contributed by atoms with Gasteiger partial charge in [-0.3, -0.25) is 4.79 Å². The summed E-state index contributed by atoms with van der Waals surface area (Å²) in [7, 11) is 0. The molecule has 0 aliphatic heterocycles. The number of amides is 1. The lowest BCUT2D eigenvalue weighted by atomic mass is 10.1. The maximum Gasteiger partial charge on any atom is 0.328 e. The molecule has 1 atom stereocenters. The summed E-state index contributed by atoms with van der Waals surface area (Å²) in [6, 6.07) is 5.33. The number of hydrogen-bond donors (Lipinski definition) is 2. The summed E-state index contributed by atoms with van der Waals surface area (Å²) in [6.07, 6.45) is 4.60. The number of carboxylic acid groups (broad SMARTS) is 1. The maximum absolute atomic E-state index is 12.1. The van der Waals surface area contributed by atoms with Crippen LogP contribution in [0.15, 0.2) is 24.3 Å². The second-order valence-electron chi connectivity index (χ2n) is 5.07. The Morgan fingerprint density at radius 1 is 1.38 bits per heavy atom. The molecule has 0 aliphatic carbocycles. The van der Waals surface area contributed by atoms with Crippen molar-refractivity contribution in [3.63, 3.8) is 0 Å². The molecule has 21 heavy (non-hydrogen) atoms. The molecular weight excluding hydrogens is 286 g/mol. The molecule has 0 bridgehead atoms. The molecule has 1 rings (SSSR count). The van der Waals surface area contributed by atoms with Gasteiger partial charge in [-0.1, -0.05) is 13.0 Å². The molecule has 4 nitrogen and oxygen atoms in total. The summed E-state index contributed by atoms with van der Waals surface area (Å²) in [5, 5.41) is 11.6. The van der Waals surface area contributed by atoms with E-state index < -0.39 is 5.97 Å². The molecule has 0 saturated heterocycles. The summed E-state index contributed by atoms with van der Waals surface area (Å²) in [6.45, 7) is 4.60. The van der Waals surface area contributed by atoms with E-state index in [2.05, 4.69) is 12.2 Å². The molecule has 1 unspecified atom stereocenters. The number of thioether (sulfide) groups is 1. The highest BCUT2D eigenvalue weighted by atomic mass is 32.2. The van der Waals surface area contributed by atoms with Crippen molar-refractivity contribution in [3.05, 3.63) is 41.0 Å². The molecule has 114 valence electrons. The van der Waals surface area contributed by atoms with E-state index in [0.29, 0.717) is 23.6 Å². The van der Waals surface area contributed by atoms with Gasteiger partial charge in [0.15, 0.2) is 0 Å². The SMILES string of the molecule is CSCC(C)CNC(=O)c1cc(C)cc(/C=C/C(=O)O)c1. The monoisotopic (exact) mass is 307 g/mol. The Morgan fingerprint density at radius 2 is 2.10 bits per heavy atom. The van der Waals surface area contributed by atoms with E-state index in [1.54, 1.807) is 23.9 Å². The van der Waals surface area contributed by atoms with Crippen LogP contribution < -0.4 is 5.32 Å². The van der Waals surface area contributed by atoms with Gasteiger partial charge < -0.3 is 10.4 Å². The lowest BCUT2D eigenvalue weighted by molar-refractivity contribution is -0.131. The van der Waals surface area contributed by atoms with Crippen LogP contribution in [-0.4, -0.2) is 35.5 Å². The highest BCUT2D eigenvalue weighted by Gasteiger charge is 2.09. The number of benzene rings is 1. The molecule has 1 aromatic carbocycles. The first kappa shape index (κ1) is 17.3. The van der Waals surface area contributed by atoms with Gasteiger partial charge >= 0.3 is 5.97 Å². The molecule has 0 aromatic heterocycles. The molecule has 0 saturated carbocycles. The van der Waals surface area contributed by atoms with Crippen molar-refractivity contribution in [2.75, 3.05) is 18.6 Å². The highest BCUT2D eigenvalue weighted by Crippen LogP contribution is 2.12. The topological polar surface area (TPSA) is 66.4 Å². The number of carbonyl (C=O) groups excluding carboxylic acids is 1. The molecule has 2 N–H and O–H groups in total. The molecule has 0 fully saturated rings. The lowest BCUT2D eigenvalue weighted by Gasteiger charge is -2.12. The molecule has 0 heterocycles. The highest BCUT2D eigenvalue weighted by molar-refractivity contribution is 7.98. The summed E-state index contributed by atoms with van der Waals surface area (Å²) in [4.78, 5) is 22.7. The fourth-order valence-corrected chi connectivity index (χ4v) is 2.61. The normalized spacial score (nSPS) is 12.3. The number of rotatable bonds is 7. The summed E-state index contributed by atoms with van der Waals surface area (Å²) in [5.74, 6) is 0.283. The Hall–Kier alpha value is -1.75. The lowest BCUT2D eigenvalue weighted by Crippen LogP contribution is -2.29. The van der Waals surface area contributed by atoms with Crippen LogP contribution in [0.1, 0.15) is 28.4 Å². The van der Waals surface area contributed by atoms with Crippen molar-refractivity contribution in [1.29, 1.82) is 0 Å². The Labute approximate surface area is 129 Å². The van der Waals surface area contributed by atoms with Crippen molar-refractivity contribution in [2.45, 2.75) is 13.8 Å². The fourth-order valence-electron chi connectivity index (χ4n) is 1.92. The molecule has 1 aromatic rings. The van der Waals surface area contributed by atoms with E-state index in [1.807, 2.05) is 19.2 Å². The van der Waals surface area contributed by atoms with Crippen LogP contribution in [0.3, 0.4) is 0 Å². The minimum absolute atomic E-state index is 0.128. The van der Waals surface area contributed by atoms with Gasteiger partial charge in [0.05, 0.1) is 0 Å². The quantitative estimate of drug-likeness (QED) is 0.760. The summed E-state index contributed by atoms with van der Waals surface area (Å²) in [5.41, 5.74) is 2.18. The number of aryl methyl sites for hydroxylation is 1. The van der Waals surface area contributed by atoms with Crippen molar-refractivity contribution in [2.24, 2.45) is 5.92 Å². The first-order valence-corrected chi connectivity index (χ1v) is 8.11. The third-order valence-corrected chi connectivity index (χ3v) is 3.74. The summed E-state index contributed by atoms with van der Waals surface area (Å²) < 4.78 is 0. The number of nitrogens with one attached hydrogen (secondary N) is 1. The minimum Gasteiger partial charge on any atom is -0.478 e.